The fourth-order valence-electron chi connectivity index (χ4n) is 0.976. The van der Waals surface area contributed by atoms with Crippen molar-refractivity contribution in [2.45, 2.75) is 0 Å². The van der Waals surface area contributed by atoms with E-state index in [2.05, 4.69) is 29.3 Å². The quantitative estimate of drug-likeness (QED) is 0.351. The second-order valence-electron chi connectivity index (χ2n) is 2.90. The fourth-order valence-corrected chi connectivity index (χ4v) is 1.03. The average molecular weight is 235 g/mol. The number of benzene rings is 1. The van der Waals surface area contributed by atoms with Gasteiger partial charge in [0.15, 0.2) is 5.11 Å². The summed E-state index contributed by atoms with van der Waals surface area (Å²) < 4.78 is 5.33. The number of nitrogens with two attached hydrogens (primary N) is 1. The molecular formula is C11H13N3OS. The summed E-state index contributed by atoms with van der Waals surface area (Å²) in [5.74, 6) is 0.791. The van der Waals surface area contributed by atoms with Crippen molar-refractivity contribution in [3.8, 4) is 5.75 Å². The molecule has 0 saturated carbocycles. The molecule has 5 heteroatoms. The summed E-state index contributed by atoms with van der Waals surface area (Å²) >= 11 is 4.60. The molecule has 16 heavy (non-hydrogen) atoms. The highest BCUT2D eigenvalue weighted by Crippen LogP contribution is 2.10. The minimum Gasteiger partial charge on any atom is -0.490 e. The van der Waals surface area contributed by atoms with Crippen molar-refractivity contribution >= 4 is 23.5 Å². The Morgan fingerprint density at radius 2 is 2.19 bits per heavy atom. The van der Waals surface area contributed by atoms with Gasteiger partial charge in [0.1, 0.15) is 12.4 Å². The van der Waals surface area contributed by atoms with Crippen molar-refractivity contribution in [3.05, 3.63) is 42.5 Å². The lowest BCUT2D eigenvalue weighted by Gasteiger charge is -2.02. The molecule has 0 heterocycles. The van der Waals surface area contributed by atoms with Gasteiger partial charge in [-0.15, -0.1) is 0 Å². The lowest BCUT2D eigenvalue weighted by Crippen LogP contribution is -2.23. The van der Waals surface area contributed by atoms with Crippen LogP contribution in [-0.4, -0.2) is 17.9 Å². The number of hydrazone groups is 1. The van der Waals surface area contributed by atoms with Crippen molar-refractivity contribution < 1.29 is 4.74 Å². The Kier molecular flexibility index (Phi) is 5.01. The lowest BCUT2D eigenvalue weighted by atomic mass is 10.2. The highest BCUT2D eigenvalue weighted by atomic mass is 32.1. The molecule has 0 aromatic heterocycles. The summed E-state index contributed by atoms with van der Waals surface area (Å²) in [5, 5.41) is 3.98. The maximum atomic E-state index is 5.33. The topological polar surface area (TPSA) is 59.6 Å². The molecule has 0 atom stereocenters. The monoisotopic (exact) mass is 235 g/mol. The molecule has 1 rings (SSSR count). The molecule has 1 aromatic carbocycles. The first kappa shape index (κ1) is 12.2. The van der Waals surface area contributed by atoms with Gasteiger partial charge in [-0.25, -0.2) is 0 Å². The van der Waals surface area contributed by atoms with E-state index in [9.17, 15) is 0 Å². The first-order valence-electron chi connectivity index (χ1n) is 4.64. The number of rotatable bonds is 5. The van der Waals surface area contributed by atoms with Crippen molar-refractivity contribution in [3.63, 3.8) is 0 Å². The van der Waals surface area contributed by atoms with Crippen LogP contribution in [-0.2, 0) is 0 Å². The number of nitrogens with zero attached hydrogens (tertiary/aromatic N) is 1. The Labute approximate surface area is 99.8 Å². The number of hydrogen-bond acceptors (Lipinski definition) is 3. The van der Waals surface area contributed by atoms with Crippen LogP contribution in [0, 0.1) is 0 Å². The summed E-state index contributed by atoms with van der Waals surface area (Å²) in [6.45, 7) is 4.07. The van der Waals surface area contributed by atoms with Crippen molar-refractivity contribution in [2.75, 3.05) is 6.61 Å². The van der Waals surface area contributed by atoms with Crippen LogP contribution in [0.3, 0.4) is 0 Å². The van der Waals surface area contributed by atoms with Gasteiger partial charge in [-0.3, -0.25) is 5.43 Å². The van der Waals surface area contributed by atoms with Gasteiger partial charge in [0.2, 0.25) is 0 Å². The van der Waals surface area contributed by atoms with Crippen LogP contribution in [0.25, 0.3) is 0 Å². The summed E-state index contributed by atoms with van der Waals surface area (Å²) in [6.07, 6.45) is 3.32. The standard InChI is InChI=1S/C11H13N3OS/c1-2-7-15-10-5-3-9(4-6-10)8-13-14-11(12)16/h2-6,8H,1,7H2,(H3,12,14,16). The third-order valence-electron chi connectivity index (χ3n) is 1.64. The first-order valence-corrected chi connectivity index (χ1v) is 5.05. The molecule has 84 valence electrons. The van der Waals surface area contributed by atoms with Gasteiger partial charge in [-0.05, 0) is 42.0 Å². The molecule has 0 saturated heterocycles. The molecule has 0 fully saturated rings. The summed E-state index contributed by atoms with van der Waals surface area (Å²) in [5.41, 5.74) is 8.62. The van der Waals surface area contributed by atoms with Gasteiger partial charge in [-0.1, -0.05) is 12.7 Å². The Bertz CT molecular complexity index is 387. The molecular weight excluding hydrogens is 222 g/mol. The molecule has 0 unspecified atom stereocenters. The van der Waals surface area contributed by atoms with Crippen LogP contribution in [0.1, 0.15) is 5.56 Å². The van der Waals surface area contributed by atoms with Crippen LogP contribution >= 0.6 is 12.2 Å². The van der Waals surface area contributed by atoms with Crippen LogP contribution in [0.15, 0.2) is 42.0 Å². The van der Waals surface area contributed by atoms with E-state index in [0.717, 1.165) is 11.3 Å². The summed E-state index contributed by atoms with van der Waals surface area (Å²) in [7, 11) is 0. The number of ether oxygens (including phenoxy) is 1. The Balaban J connectivity index is 2.53. The van der Waals surface area contributed by atoms with E-state index < -0.39 is 0 Å². The van der Waals surface area contributed by atoms with Gasteiger partial charge in [-0.2, -0.15) is 5.10 Å². The number of thiocarbonyl (C=S) groups is 1. The second-order valence-corrected chi connectivity index (χ2v) is 3.34. The van der Waals surface area contributed by atoms with Crippen LogP contribution in [0.4, 0.5) is 0 Å². The summed E-state index contributed by atoms with van der Waals surface area (Å²) in [4.78, 5) is 0. The second kappa shape index (κ2) is 6.58. The van der Waals surface area contributed by atoms with Gasteiger partial charge < -0.3 is 10.5 Å². The zero-order valence-electron chi connectivity index (χ0n) is 8.72. The molecule has 4 nitrogen and oxygen atoms in total. The van der Waals surface area contributed by atoms with Gasteiger partial charge in [0, 0.05) is 0 Å². The minimum absolute atomic E-state index is 0.141. The predicted octanol–water partition coefficient (Wildman–Crippen LogP) is 1.42. The smallest absolute Gasteiger partial charge is 0.184 e. The van der Waals surface area contributed by atoms with E-state index in [-0.39, 0.29) is 5.11 Å². The lowest BCUT2D eigenvalue weighted by molar-refractivity contribution is 0.363. The van der Waals surface area contributed by atoms with Gasteiger partial charge >= 0.3 is 0 Å². The zero-order chi connectivity index (χ0) is 11.8. The third-order valence-corrected chi connectivity index (χ3v) is 1.73. The van der Waals surface area contributed by atoms with E-state index >= 15 is 0 Å². The van der Waals surface area contributed by atoms with E-state index in [0.29, 0.717) is 6.61 Å². The molecule has 0 bridgehead atoms. The molecule has 3 N–H and O–H groups in total. The molecule has 0 amide bonds. The van der Waals surface area contributed by atoms with Crippen molar-refractivity contribution in [1.82, 2.24) is 5.43 Å². The van der Waals surface area contributed by atoms with Gasteiger partial charge in [0.05, 0.1) is 6.21 Å². The Hall–Kier alpha value is -1.88. The maximum Gasteiger partial charge on any atom is 0.184 e. The highest BCUT2D eigenvalue weighted by Gasteiger charge is 1.92. The Morgan fingerprint density at radius 1 is 1.50 bits per heavy atom. The van der Waals surface area contributed by atoms with Gasteiger partial charge in [0.25, 0.3) is 0 Å². The highest BCUT2D eigenvalue weighted by molar-refractivity contribution is 7.80. The van der Waals surface area contributed by atoms with Crippen molar-refractivity contribution in [1.29, 1.82) is 0 Å². The largest absolute Gasteiger partial charge is 0.490 e. The number of hydrogen-bond donors (Lipinski definition) is 2. The summed E-state index contributed by atoms with van der Waals surface area (Å²) in [6, 6.07) is 7.46. The zero-order valence-corrected chi connectivity index (χ0v) is 9.54. The van der Waals surface area contributed by atoms with E-state index in [4.69, 9.17) is 10.5 Å². The number of nitrogens with one attached hydrogen (secondary N) is 1. The molecule has 0 aliphatic rings. The molecule has 0 aliphatic heterocycles. The normalized spacial score (nSPS) is 10.0. The van der Waals surface area contributed by atoms with Crippen LogP contribution in [0.5, 0.6) is 5.75 Å². The maximum absolute atomic E-state index is 5.33. The molecule has 0 spiro atoms. The minimum atomic E-state index is 0.141. The van der Waals surface area contributed by atoms with E-state index in [1.165, 1.54) is 0 Å². The SMILES string of the molecule is C=CCOc1ccc(C=NNC(N)=S)cc1. The Morgan fingerprint density at radius 3 is 2.75 bits per heavy atom. The molecule has 0 aliphatic carbocycles. The van der Waals surface area contributed by atoms with E-state index in [1.807, 2.05) is 24.3 Å². The molecule has 1 aromatic rings. The van der Waals surface area contributed by atoms with Crippen molar-refractivity contribution in [2.24, 2.45) is 10.8 Å². The molecule has 0 radical (unpaired) electrons. The van der Waals surface area contributed by atoms with Crippen LogP contribution < -0.4 is 15.9 Å². The predicted molar refractivity (Wildman–Crippen MR) is 69.6 cm³/mol. The third kappa shape index (κ3) is 4.56. The van der Waals surface area contributed by atoms with Crippen LogP contribution in [0.2, 0.25) is 0 Å². The van der Waals surface area contributed by atoms with E-state index in [1.54, 1.807) is 12.3 Å². The first-order chi connectivity index (χ1) is 7.72. The average Bonchev–Trinajstić information content (AvgIpc) is 2.27. The fraction of sp³-hybridized carbons (Fsp3) is 0.0909.